The largest absolute Gasteiger partial charge is 0.507 e. The van der Waals surface area contributed by atoms with Crippen molar-refractivity contribution in [2.24, 2.45) is 11.8 Å². The monoisotopic (exact) mass is 316 g/mol. The Hall–Kier alpha value is -1.64. The molecule has 0 radical (unpaired) electrons. The van der Waals surface area contributed by atoms with Crippen LogP contribution in [-0.4, -0.2) is 17.8 Å². The summed E-state index contributed by atoms with van der Waals surface area (Å²) < 4.78 is 11.9. The number of ether oxygens (including phenoxy) is 2. The minimum Gasteiger partial charge on any atom is -0.507 e. The highest BCUT2D eigenvalue weighted by Gasteiger charge is 2.41. The fourth-order valence-electron chi connectivity index (χ4n) is 4.07. The van der Waals surface area contributed by atoms with Gasteiger partial charge in [-0.05, 0) is 38.5 Å². The van der Waals surface area contributed by atoms with E-state index in [0.717, 1.165) is 29.7 Å². The molecule has 1 fully saturated rings. The van der Waals surface area contributed by atoms with Gasteiger partial charge in [-0.3, -0.25) is 0 Å². The van der Waals surface area contributed by atoms with E-state index in [1.165, 1.54) is 12.8 Å². The fourth-order valence-corrected chi connectivity index (χ4v) is 4.07. The molecule has 1 aromatic carbocycles. The standard InChI is InChI=1S/C20H28O3/c1-12(2)7-8-22-15-10-18(21)20-17-9-13(3)5-6-16(17)14(4)23-19(20)11-15/h10-11,13-14,16-17,21H,1,5-9H2,2-4H3. The van der Waals surface area contributed by atoms with Gasteiger partial charge in [-0.15, -0.1) is 6.58 Å². The molecular weight excluding hydrogens is 288 g/mol. The second-order valence-corrected chi connectivity index (χ2v) is 7.42. The molecule has 3 nitrogen and oxygen atoms in total. The summed E-state index contributed by atoms with van der Waals surface area (Å²) >= 11 is 0. The molecule has 0 amide bonds. The van der Waals surface area contributed by atoms with Gasteiger partial charge in [-0.2, -0.15) is 0 Å². The van der Waals surface area contributed by atoms with Gasteiger partial charge in [0.25, 0.3) is 0 Å². The first-order valence-electron chi connectivity index (χ1n) is 8.76. The van der Waals surface area contributed by atoms with Crippen molar-refractivity contribution >= 4 is 0 Å². The molecule has 3 rings (SSSR count). The van der Waals surface area contributed by atoms with Gasteiger partial charge in [0.1, 0.15) is 17.2 Å². The van der Waals surface area contributed by atoms with Gasteiger partial charge in [0, 0.05) is 30.0 Å². The smallest absolute Gasteiger partial charge is 0.130 e. The maximum atomic E-state index is 10.6. The summed E-state index contributed by atoms with van der Waals surface area (Å²) in [5, 5.41) is 10.6. The first kappa shape index (κ1) is 16.2. The molecule has 0 saturated heterocycles. The van der Waals surface area contributed by atoms with Crippen molar-refractivity contribution in [3.8, 4) is 17.2 Å². The van der Waals surface area contributed by atoms with Crippen molar-refractivity contribution in [2.45, 2.75) is 58.5 Å². The lowest BCUT2D eigenvalue weighted by Crippen LogP contribution is -2.37. The molecule has 4 atom stereocenters. The molecule has 23 heavy (non-hydrogen) atoms. The maximum Gasteiger partial charge on any atom is 0.130 e. The SMILES string of the molecule is C=C(C)CCOc1cc(O)c2c(c1)OC(C)C1CCC(C)CC21. The van der Waals surface area contributed by atoms with Crippen molar-refractivity contribution in [3.05, 3.63) is 29.8 Å². The summed E-state index contributed by atoms with van der Waals surface area (Å²) in [6.07, 6.45) is 4.59. The van der Waals surface area contributed by atoms with Gasteiger partial charge in [0.15, 0.2) is 0 Å². The van der Waals surface area contributed by atoms with Gasteiger partial charge in [0.2, 0.25) is 0 Å². The van der Waals surface area contributed by atoms with Crippen molar-refractivity contribution in [1.82, 2.24) is 0 Å². The van der Waals surface area contributed by atoms with Crippen molar-refractivity contribution in [1.29, 1.82) is 0 Å². The van der Waals surface area contributed by atoms with E-state index in [-0.39, 0.29) is 6.10 Å². The van der Waals surface area contributed by atoms with Crippen LogP contribution in [0, 0.1) is 11.8 Å². The van der Waals surface area contributed by atoms with Gasteiger partial charge in [-0.1, -0.05) is 18.9 Å². The van der Waals surface area contributed by atoms with E-state index < -0.39 is 0 Å². The molecule has 2 aliphatic rings. The Morgan fingerprint density at radius 3 is 2.87 bits per heavy atom. The molecule has 4 unspecified atom stereocenters. The number of hydrogen-bond donors (Lipinski definition) is 1. The summed E-state index contributed by atoms with van der Waals surface area (Å²) in [5.41, 5.74) is 2.09. The summed E-state index contributed by atoms with van der Waals surface area (Å²) in [4.78, 5) is 0. The van der Waals surface area contributed by atoms with Crippen molar-refractivity contribution in [2.75, 3.05) is 6.61 Å². The van der Waals surface area contributed by atoms with Crippen molar-refractivity contribution < 1.29 is 14.6 Å². The number of phenolic OH excluding ortho intramolecular Hbond substituents is 1. The molecule has 3 heteroatoms. The molecule has 1 N–H and O–H groups in total. The normalized spacial score (nSPS) is 29.2. The van der Waals surface area contributed by atoms with Crippen molar-refractivity contribution in [3.63, 3.8) is 0 Å². The summed E-state index contributed by atoms with van der Waals surface area (Å²) in [6.45, 7) is 10.9. The van der Waals surface area contributed by atoms with E-state index >= 15 is 0 Å². The lowest BCUT2D eigenvalue weighted by molar-refractivity contribution is 0.0676. The van der Waals surface area contributed by atoms with E-state index in [1.807, 2.05) is 13.0 Å². The average Bonchev–Trinajstić information content (AvgIpc) is 2.46. The second-order valence-electron chi connectivity index (χ2n) is 7.42. The number of benzene rings is 1. The van der Waals surface area contributed by atoms with Crippen LogP contribution in [0.15, 0.2) is 24.3 Å². The highest BCUT2D eigenvalue weighted by atomic mass is 16.5. The van der Waals surface area contributed by atoms with E-state index in [9.17, 15) is 5.11 Å². The third-order valence-corrected chi connectivity index (χ3v) is 5.34. The molecule has 1 heterocycles. The Bertz CT molecular complexity index is 593. The Morgan fingerprint density at radius 2 is 2.13 bits per heavy atom. The lowest BCUT2D eigenvalue weighted by atomic mass is 9.68. The van der Waals surface area contributed by atoms with Crippen LogP contribution in [0.25, 0.3) is 0 Å². The van der Waals surface area contributed by atoms with Crippen LogP contribution in [0.3, 0.4) is 0 Å². The molecule has 0 aromatic heterocycles. The van der Waals surface area contributed by atoms with Gasteiger partial charge in [0.05, 0.1) is 12.7 Å². The molecule has 1 aromatic rings. The van der Waals surface area contributed by atoms with E-state index in [0.29, 0.717) is 35.9 Å². The molecule has 1 saturated carbocycles. The highest BCUT2D eigenvalue weighted by Crippen LogP contribution is 2.53. The topological polar surface area (TPSA) is 38.7 Å². The minimum atomic E-state index is 0.199. The lowest BCUT2D eigenvalue weighted by Gasteiger charge is -2.43. The van der Waals surface area contributed by atoms with E-state index in [1.54, 1.807) is 6.07 Å². The average molecular weight is 316 g/mol. The zero-order valence-electron chi connectivity index (χ0n) is 14.5. The first-order chi connectivity index (χ1) is 11.0. The Balaban J connectivity index is 1.85. The molecule has 0 spiro atoms. The van der Waals surface area contributed by atoms with Crippen LogP contribution in [-0.2, 0) is 0 Å². The summed E-state index contributed by atoms with van der Waals surface area (Å²) in [5.74, 6) is 3.43. The maximum absolute atomic E-state index is 10.6. The quantitative estimate of drug-likeness (QED) is 0.791. The van der Waals surface area contributed by atoms with Crippen LogP contribution in [0.5, 0.6) is 17.2 Å². The Kier molecular flexibility index (Phi) is 4.56. The van der Waals surface area contributed by atoms with Crippen LogP contribution in [0.1, 0.15) is 57.9 Å². The van der Waals surface area contributed by atoms with Crippen LogP contribution in [0.2, 0.25) is 0 Å². The van der Waals surface area contributed by atoms with Gasteiger partial charge < -0.3 is 14.6 Å². The van der Waals surface area contributed by atoms with Crippen LogP contribution >= 0.6 is 0 Å². The zero-order chi connectivity index (χ0) is 16.6. The zero-order valence-corrected chi connectivity index (χ0v) is 14.5. The molecule has 1 aliphatic heterocycles. The minimum absolute atomic E-state index is 0.199. The van der Waals surface area contributed by atoms with Crippen LogP contribution < -0.4 is 9.47 Å². The molecular formula is C20H28O3. The predicted octanol–water partition coefficient (Wildman–Crippen LogP) is 5.04. The number of fused-ring (bicyclic) bond motifs is 3. The molecule has 0 bridgehead atoms. The molecule has 1 aliphatic carbocycles. The second kappa shape index (κ2) is 6.46. The Labute approximate surface area is 139 Å². The number of rotatable bonds is 4. The third kappa shape index (κ3) is 3.34. The third-order valence-electron chi connectivity index (χ3n) is 5.34. The fraction of sp³-hybridized carbons (Fsp3) is 0.600. The summed E-state index contributed by atoms with van der Waals surface area (Å²) in [6, 6.07) is 3.69. The Morgan fingerprint density at radius 1 is 1.35 bits per heavy atom. The van der Waals surface area contributed by atoms with Gasteiger partial charge >= 0.3 is 0 Å². The highest BCUT2D eigenvalue weighted by molar-refractivity contribution is 5.53. The number of hydrogen-bond acceptors (Lipinski definition) is 3. The van der Waals surface area contributed by atoms with E-state index in [4.69, 9.17) is 9.47 Å². The number of phenols is 1. The molecule has 126 valence electrons. The summed E-state index contributed by atoms with van der Waals surface area (Å²) in [7, 11) is 0. The van der Waals surface area contributed by atoms with Crippen LogP contribution in [0.4, 0.5) is 0 Å². The van der Waals surface area contributed by atoms with Gasteiger partial charge in [-0.25, -0.2) is 0 Å². The first-order valence-corrected chi connectivity index (χ1v) is 8.76. The number of aromatic hydroxyl groups is 1. The predicted molar refractivity (Wildman–Crippen MR) is 92.4 cm³/mol. The van der Waals surface area contributed by atoms with E-state index in [2.05, 4.69) is 20.4 Å².